The predicted octanol–water partition coefficient (Wildman–Crippen LogP) is 1.88. The number of rotatable bonds is 7. The maximum Gasteiger partial charge on any atom is 0.0589 e. The van der Waals surface area contributed by atoms with Gasteiger partial charge < -0.3 is 15.0 Å². The molecule has 2 unspecified atom stereocenters. The van der Waals surface area contributed by atoms with E-state index in [9.17, 15) is 0 Å². The molecule has 2 atom stereocenters. The Balaban J connectivity index is 2.07. The van der Waals surface area contributed by atoms with Gasteiger partial charge in [-0.1, -0.05) is 13.3 Å². The van der Waals surface area contributed by atoms with Gasteiger partial charge in [0.25, 0.3) is 0 Å². The molecule has 0 spiro atoms. The number of hydrogen-bond acceptors (Lipinski definition) is 3. The quantitative estimate of drug-likeness (QED) is 0.673. The van der Waals surface area contributed by atoms with Crippen LogP contribution in [0.5, 0.6) is 0 Å². The lowest BCUT2D eigenvalue weighted by Gasteiger charge is -2.30. The Bertz CT molecular complexity index is 171. The topological polar surface area (TPSA) is 24.5 Å². The average Bonchev–Trinajstić information content (AvgIpc) is 2.25. The van der Waals surface area contributed by atoms with Crippen molar-refractivity contribution >= 4 is 0 Å². The Morgan fingerprint density at radius 3 is 2.88 bits per heavy atom. The summed E-state index contributed by atoms with van der Waals surface area (Å²) in [7, 11) is 4.26. The van der Waals surface area contributed by atoms with Crippen LogP contribution in [0, 0.1) is 0 Å². The third-order valence-corrected chi connectivity index (χ3v) is 3.19. The molecular formula is C13H28N2O. The van der Waals surface area contributed by atoms with Gasteiger partial charge in [-0.25, -0.2) is 0 Å². The summed E-state index contributed by atoms with van der Waals surface area (Å²) in [6.45, 7) is 5.49. The van der Waals surface area contributed by atoms with Gasteiger partial charge in [0.05, 0.1) is 6.10 Å². The van der Waals surface area contributed by atoms with E-state index < -0.39 is 0 Å². The van der Waals surface area contributed by atoms with E-state index in [1.807, 2.05) is 0 Å². The van der Waals surface area contributed by atoms with Crippen LogP contribution in [-0.2, 0) is 4.74 Å². The molecule has 1 aliphatic rings. The third kappa shape index (κ3) is 5.83. The van der Waals surface area contributed by atoms with E-state index in [1.54, 1.807) is 0 Å². The van der Waals surface area contributed by atoms with Crippen molar-refractivity contribution < 1.29 is 4.74 Å². The molecule has 0 radical (unpaired) electrons. The first-order valence-electron chi connectivity index (χ1n) is 6.72. The van der Waals surface area contributed by atoms with Crippen LogP contribution in [0.3, 0.4) is 0 Å². The second-order valence-electron chi connectivity index (χ2n) is 5.11. The Kier molecular flexibility index (Phi) is 7.01. The zero-order chi connectivity index (χ0) is 11.8. The van der Waals surface area contributed by atoms with Crippen LogP contribution in [0.25, 0.3) is 0 Å². The molecule has 1 rings (SSSR count). The van der Waals surface area contributed by atoms with E-state index in [0.29, 0.717) is 12.1 Å². The van der Waals surface area contributed by atoms with Gasteiger partial charge in [0.15, 0.2) is 0 Å². The zero-order valence-corrected chi connectivity index (χ0v) is 11.2. The van der Waals surface area contributed by atoms with Crippen molar-refractivity contribution in [3.8, 4) is 0 Å². The van der Waals surface area contributed by atoms with E-state index in [4.69, 9.17) is 4.74 Å². The van der Waals surface area contributed by atoms with Gasteiger partial charge in [-0.15, -0.1) is 0 Å². The number of nitrogens with zero attached hydrogens (tertiary/aromatic N) is 1. The highest BCUT2D eigenvalue weighted by Gasteiger charge is 2.20. The van der Waals surface area contributed by atoms with Gasteiger partial charge in [0.2, 0.25) is 0 Å². The molecule has 3 heteroatoms. The summed E-state index contributed by atoms with van der Waals surface area (Å²) in [5, 5.41) is 3.66. The standard InChI is InChI=1S/C13H28N2O/c1-4-6-13-11-12(7-10-16-13)14-8-5-9-15(2)3/h12-14H,4-11H2,1-3H3. The van der Waals surface area contributed by atoms with Crippen molar-refractivity contribution in [3.63, 3.8) is 0 Å². The maximum atomic E-state index is 5.74. The molecule has 96 valence electrons. The van der Waals surface area contributed by atoms with Crippen molar-refractivity contribution in [2.45, 2.75) is 51.2 Å². The van der Waals surface area contributed by atoms with Crippen molar-refractivity contribution in [1.29, 1.82) is 0 Å². The van der Waals surface area contributed by atoms with Crippen molar-refractivity contribution in [1.82, 2.24) is 10.2 Å². The monoisotopic (exact) mass is 228 g/mol. The summed E-state index contributed by atoms with van der Waals surface area (Å²) in [6.07, 6.45) is 6.58. The van der Waals surface area contributed by atoms with Gasteiger partial charge in [-0.2, -0.15) is 0 Å². The third-order valence-electron chi connectivity index (χ3n) is 3.19. The molecule has 1 heterocycles. The van der Waals surface area contributed by atoms with E-state index >= 15 is 0 Å². The summed E-state index contributed by atoms with van der Waals surface area (Å²) in [4.78, 5) is 2.24. The lowest BCUT2D eigenvalue weighted by molar-refractivity contribution is -0.00314. The molecule has 0 aromatic heterocycles. The molecule has 0 aromatic carbocycles. The molecular weight excluding hydrogens is 200 g/mol. The van der Waals surface area contributed by atoms with Crippen LogP contribution in [0.2, 0.25) is 0 Å². The molecule has 1 fully saturated rings. The second-order valence-corrected chi connectivity index (χ2v) is 5.11. The Labute approximate surface area is 101 Å². The molecule has 0 saturated carbocycles. The summed E-state index contributed by atoms with van der Waals surface area (Å²) in [5.74, 6) is 0. The van der Waals surface area contributed by atoms with Crippen molar-refractivity contribution in [2.75, 3.05) is 33.8 Å². The molecule has 0 bridgehead atoms. The summed E-state index contributed by atoms with van der Waals surface area (Å²) in [5.41, 5.74) is 0. The van der Waals surface area contributed by atoms with Gasteiger partial charge >= 0.3 is 0 Å². The number of hydrogen-bond donors (Lipinski definition) is 1. The highest BCUT2D eigenvalue weighted by Crippen LogP contribution is 2.17. The van der Waals surface area contributed by atoms with Crippen LogP contribution in [-0.4, -0.2) is 50.8 Å². The molecule has 1 N–H and O–H groups in total. The van der Waals surface area contributed by atoms with Crippen LogP contribution in [0.4, 0.5) is 0 Å². The van der Waals surface area contributed by atoms with E-state index in [0.717, 1.165) is 13.2 Å². The van der Waals surface area contributed by atoms with Gasteiger partial charge in [0, 0.05) is 12.6 Å². The van der Waals surface area contributed by atoms with E-state index in [-0.39, 0.29) is 0 Å². The van der Waals surface area contributed by atoms with Crippen LogP contribution >= 0.6 is 0 Å². The Hall–Kier alpha value is -0.120. The minimum absolute atomic E-state index is 0.505. The molecule has 0 aromatic rings. The number of ether oxygens (including phenoxy) is 1. The second kappa shape index (κ2) is 8.04. The smallest absolute Gasteiger partial charge is 0.0589 e. The first kappa shape index (κ1) is 13.9. The minimum atomic E-state index is 0.505. The van der Waals surface area contributed by atoms with E-state index in [1.165, 1.54) is 38.6 Å². The molecule has 1 aliphatic heterocycles. The van der Waals surface area contributed by atoms with Gasteiger partial charge in [0.1, 0.15) is 0 Å². The largest absolute Gasteiger partial charge is 0.378 e. The first-order valence-corrected chi connectivity index (χ1v) is 6.72. The minimum Gasteiger partial charge on any atom is -0.378 e. The van der Waals surface area contributed by atoms with Gasteiger partial charge in [-0.05, 0) is 52.9 Å². The lowest BCUT2D eigenvalue weighted by atomic mass is 10.00. The highest BCUT2D eigenvalue weighted by molar-refractivity contribution is 4.76. The Morgan fingerprint density at radius 2 is 2.19 bits per heavy atom. The maximum absolute atomic E-state index is 5.74. The fourth-order valence-electron chi connectivity index (χ4n) is 2.29. The lowest BCUT2D eigenvalue weighted by Crippen LogP contribution is -2.39. The van der Waals surface area contributed by atoms with Crippen LogP contribution in [0.1, 0.15) is 39.0 Å². The van der Waals surface area contributed by atoms with Crippen LogP contribution < -0.4 is 5.32 Å². The van der Waals surface area contributed by atoms with E-state index in [2.05, 4.69) is 31.2 Å². The first-order chi connectivity index (χ1) is 7.72. The fraction of sp³-hybridized carbons (Fsp3) is 1.00. The molecule has 0 aliphatic carbocycles. The van der Waals surface area contributed by atoms with Gasteiger partial charge in [-0.3, -0.25) is 0 Å². The van der Waals surface area contributed by atoms with Crippen molar-refractivity contribution in [3.05, 3.63) is 0 Å². The average molecular weight is 228 g/mol. The summed E-state index contributed by atoms with van der Waals surface area (Å²) in [6, 6.07) is 0.687. The predicted molar refractivity (Wildman–Crippen MR) is 68.8 cm³/mol. The molecule has 16 heavy (non-hydrogen) atoms. The molecule has 0 amide bonds. The molecule has 1 saturated heterocycles. The van der Waals surface area contributed by atoms with Crippen LogP contribution in [0.15, 0.2) is 0 Å². The molecule has 3 nitrogen and oxygen atoms in total. The number of nitrogens with one attached hydrogen (secondary N) is 1. The SMILES string of the molecule is CCCC1CC(NCCCN(C)C)CCO1. The zero-order valence-electron chi connectivity index (χ0n) is 11.2. The highest BCUT2D eigenvalue weighted by atomic mass is 16.5. The summed E-state index contributed by atoms with van der Waals surface area (Å²) < 4.78 is 5.74. The summed E-state index contributed by atoms with van der Waals surface area (Å²) >= 11 is 0. The normalized spacial score (nSPS) is 26.2. The fourth-order valence-corrected chi connectivity index (χ4v) is 2.29. The van der Waals surface area contributed by atoms with Crippen molar-refractivity contribution in [2.24, 2.45) is 0 Å². The Morgan fingerprint density at radius 1 is 1.38 bits per heavy atom.